The summed E-state index contributed by atoms with van der Waals surface area (Å²) in [5, 5.41) is 15.4. The minimum atomic E-state index is -4.95. The number of hydroxylamine groups is 12. The molecule has 12 fully saturated rings. The van der Waals surface area contributed by atoms with Crippen molar-refractivity contribution in [2.24, 2.45) is 5.73 Å². The van der Waals surface area contributed by atoms with E-state index in [0.29, 0.717) is 101 Å². The number of urea groups is 6. The van der Waals surface area contributed by atoms with Crippen LogP contribution in [0.25, 0.3) is 19.4 Å². The Morgan fingerprint density at radius 3 is 1.02 bits per heavy atom. The van der Waals surface area contributed by atoms with Crippen molar-refractivity contribution in [1.29, 1.82) is 0 Å². The molecule has 3 aromatic carbocycles. The van der Waals surface area contributed by atoms with Crippen LogP contribution in [0.5, 0.6) is 0 Å². The molecule has 12 heterocycles. The number of piperidine rings is 6. The standard InChI is InChI=1S/C16H36N.C14H17N3O3.C14H15N3O2.C14H15N2O3.2C7H9N3O5S.C7H9N3O2.2Na.H2O/c1-5-9-13-17(14-10-6-2,15-11-7-3)16-12-8-4;15-13(18)12-7-6-11-8-16(12)14(19)17(11)20-9-10-4-2-1-3-5-10;1-15-13-8-7-12-9-16(13)14(18)17(12)19-10-11-5-3-2-4-6-11;17-9-13-7-6-12-8-15(13)14(18)16(12)19-10-11-4-2-1-3-5-11;2*1-8-6-3-2-5-4-9(6)7(11)10(5)15-16(12,13)14;1-8-6-3-2-5-4-9(6)7(11)10(5)12;;;/h5-16H2,1-4H3;1-5,11-12H,6-9H2,(H2,15,18);2-6,12-13H,7-10H2;1-5,12-13H,6-8,10H2;2*5-6H,2-4H2,(H,12,13,14);5-6,12H,2-4H2;;;1H2/q+1;;;-1;;;;2*+1;/p-3/t;11-,12+;2*12-,13+;3*5-,6+;;;/m.111111.../s1. The second-order valence-corrected chi connectivity index (χ2v) is 32.8. The maximum atomic E-state index is 12.2. The van der Waals surface area contributed by atoms with E-state index >= 15 is 0 Å². The summed E-state index contributed by atoms with van der Waals surface area (Å²) in [5.74, 6) is -0.443. The Bertz CT molecular complexity index is 4230. The van der Waals surface area contributed by atoms with E-state index in [1.165, 1.54) is 117 Å². The summed E-state index contributed by atoms with van der Waals surface area (Å²) >= 11 is 0. The molecule has 0 radical (unpaired) electrons. The van der Waals surface area contributed by atoms with Crippen LogP contribution in [0.3, 0.4) is 0 Å². The molecule has 13 amide bonds. The van der Waals surface area contributed by atoms with Gasteiger partial charge in [0.1, 0.15) is 25.9 Å². The van der Waals surface area contributed by atoms with Crippen LogP contribution in [0.15, 0.2) is 91.0 Å². The van der Waals surface area contributed by atoms with Gasteiger partial charge in [-0.2, -0.15) is 33.9 Å². The molecule has 0 aromatic heterocycles. The number of hydrogen-bond donors (Lipinski definition) is 2. The van der Waals surface area contributed by atoms with Crippen LogP contribution in [0, 0.1) is 26.3 Å². The monoisotopic (exact) mass is 1760 g/mol. The van der Waals surface area contributed by atoms with Gasteiger partial charge in [0.15, 0.2) is 0 Å². The molecule has 3 aromatic rings. The van der Waals surface area contributed by atoms with Crippen LogP contribution in [0.4, 0.5) is 28.8 Å². The smallest absolute Gasteiger partial charge is 0.870 e. The van der Waals surface area contributed by atoms with Crippen molar-refractivity contribution in [3.8, 4) is 0 Å². The average Bonchev–Trinajstić information content (AvgIpc) is 1.62. The molecule has 12 aliphatic rings. The number of rotatable bonds is 27. The Morgan fingerprint density at radius 1 is 0.434 bits per heavy atom. The van der Waals surface area contributed by atoms with Gasteiger partial charge in [-0.05, 0) is 87.3 Å². The normalized spacial score (nSPS) is 24.8. The largest absolute Gasteiger partial charge is 1.00 e. The van der Waals surface area contributed by atoms with E-state index in [-0.39, 0.29) is 132 Å². The molecule has 12 saturated heterocycles. The van der Waals surface area contributed by atoms with Crippen LogP contribution in [0.2, 0.25) is 0 Å². The van der Waals surface area contributed by atoms with Gasteiger partial charge in [-0.15, -0.1) is 0 Å². The molecule has 0 spiro atoms. The zero-order chi connectivity index (χ0) is 86.1. The third-order valence-electron chi connectivity index (χ3n) is 22.8. The van der Waals surface area contributed by atoms with Crippen molar-refractivity contribution in [2.45, 2.75) is 249 Å². The van der Waals surface area contributed by atoms with Gasteiger partial charge >= 0.3 is 120 Å². The number of carbonyl (C=O) groups is 7. The summed E-state index contributed by atoms with van der Waals surface area (Å²) < 4.78 is 72.1. The minimum Gasteiger partial charge on any atom is -0.870 e. The number of benzene rings is 3. The number of hydrogen-bond acceptors (Lipinski definition) is 21. The first-order valence-electron chi connectivity index (χ1n) is 40.7. The van der Waals surface area contributed by atoms with Gasteiger partial charge in [0.05, 0.1) is 88.6 Å². The molecule has 43 heteroatoms. The number of quaternary nitrogens is 1. The van der Waals surface area contributed by atoms with Gasteiger partial charge in [-0.25, -0.2) is 83.2 Å². The van der Waals surface area contributed by atoms with E-state index in [9.17, 15) is 69.5 Å². The van der Waals surface area contributed by atoms with Crippen LogP contribution in [-0.2, 0) is 73.3 Å². The van der Waals surface area contributed by atoms with Crippen molar-refractivity contribution in [1.82, 2.24) is 59.8 Å². The van der Waals surface area contributed by atoms with Crippen molar-refractivity contribution in [3.05, 3.63) is 153 Å². The zero-order valence-electron chi connectivity index (χ0n) is 70.1. The molecule has 12 aliphatic heterocycles. The first-order valence-corrected chi connectivity index (χ1v) is 43.3. The first-order chi connectivity index (χ1) is 57.1. The quantitative estimate of drug-likeness (QED) is 0.0276. The Labute approximate surface area is 758 Å². The van der Waals surface area contributed by atoms with Gasteiger partial charge in [0, 0.05) is 38.8 Å². The van der Waals surface area contributed by atoms with E-state index in [4.69, 9.17) is 46.5 Å². The van der Waals surface area contributed by atoms with Crippen molar-refractivity contribution in [3.63, 3.8) is 0 Å². The molecule has 0 saturated carbocycles. The fourth-order valence-corrected chi connectivity index (χ4v) is 17.1. The molecule has 122 heavy (non-hydrogen) atoms. The number of amides is 13. The Hall–Kier alpha value is -8.12. The maximum absolute atomic E-state index is 12.2. The molecule has 0 aliphatic carbocycles. The molecule has 656 valence electrons. The second-order valence-electron chi connectivity index (χ2n) is 30.9. The van der Waals surface area contributed by atoms with Gasteiger partial charge in [0.25, 0.3) is 0 Å². The van der Waals surface area contributed by atoms with E-state index in [1.54, 1.807) is 9.80 Å². The number of nitrogens with zero attached hydrogens (tertiary/aromatic N) is 17. The summed E-state index contributed by atoms with van der Waals surface area (Å²) in [4.78, 5) is 132. The number of carbonyl (C=O) groups excluding carboxylic acids is 8. The van der Waals surface area contributed by atoms with Crippen molar-refractivity contribution in [2.75, 3.05) is 65.4 Å². The minimum absolute atomic E-state index is 0. The number of unbranched alkanes of at least 4 members (excludes halogenated alkanes) is 4. The van der Waals surface area contributed by atoms with Crippen LogP contribution >= 0.6 is 0 Å². The third kappa shape index (κ3) is 27.2. The van der Waals surface area contributed by atoms with Gasteiger partial charge < -0.3 is 39.4 Å². The van der Waals surface area contributed by atoms with Gasteiger partial charge in [-0.3, -0.25) is 63.5 Å². The van der Waals surface area contributed by atoms with Crippen LogP contribution in [0.1, 0.15) is 173 Å². The van der Waals surface area contributed by atoms with Gasteiger partial charge in [0.2, 0.25) is 26.7 Å². The van der Waals surface area contributed by atoms with E-state index in [2.05, 4.69) is 55.6 Å². The Balaban J connectivity index is 0.000000220. The predicted molar refractivity (Wildman–Crippen MR) is 424 cm³/mol. The molecule has 12 atom stereocenters. The third-order valence-corrected chi connectivity index (χ3v) is 23.5. The molecule has 0 unspecified atom stereocenters. The molecular weight excluding hydrogens is 1650 g/mol. The van der Waals surface area contributed by atoms with E-state index < -0.39 is 81.3 Å². The summed E-state index contributed by atoms with van der Waals surface area (Å²) in [5.41, 5.74) is 8.39. The average molecular weight is 1760 g/mol. The summed E-state index contributed by atoms with van der Waals surface area (Å²) in [6, 6.07) is 24.9. The fraction of sp³-hybridized carbons (Fsp3) is 0.620. The SMILES string of the molecule is CCCC[N+](CCCC)(CCCC)CCCC.NC(=O)[C@@H]1CC[C@@H]2CN1C(=O)N2OCc1ccccc1.O=[C-][C@@H]1CC[C@@H]2CN1C(=O)N2OCc1ccccc1.[C-]#[N+][C@@H]1CC[C@@H]2CN1C(=O)N2O.[C-]#[N+][C@@H]1CC[C@@H]2CN1C(=O)N2OCc1ccccc1.[C-]#[N+][C@@H]1CC[C@@H]2CN1C(=O)N2OS(=O)(=O)[O-].[C-]#[N+][C@@H]1CC[C@@H]2CN1C(=O)N2OS(=O)(=O)[O-].[Na+].[Na+].[OH-]. The summed E-state index contributed by atoms with van der Waals surface area (Å²) in [6.07, 6.45) is 18.7. The van der Waals surface area contributed by atoms with Crippen molar-refractivity contribution < 1.29 is 162 Å². The number of fused-ring (bicyclic) bond motifs is 12. The van der Waals surface area contributed by atoms with Crippen LogP contribution < -0.4 is 64.8 Å². The summed E-state index contributed by atoms with van der Waals surface area (Å²) in [7, 11) is -9.90. The maximum Gasteiger partial charge on any atom is 1.00 e. The number of primary amides is 1. The fourth-order valence-electron chi connectivity index (χ4n) is 16.4. The Morgan fingerprint density at radius 2 is 0.705 bits per heavy atom. The van der Waals surface area contributed by atoms with E-state index in [0.717, 1.165) is 53.9 Å². The molecule has 12 bridgehead atoms. The number of nitrogens with two attached hydrogens (primary N) is 1. The second kappa shape index (κ2) is 49.0. The van der Waals surface area contributed by atoms with E-state index in [1.807, 2.05) is 97.3 Å². The Kier molecular flexibility index (Phi) is 41.2. The zero-order valence-corrected chi connectivity index (χ0v) is 75.7. The summed E-state index contributed by atoms with van der Waals surface area (Å²) in [6.45, 7) is 46.5. The molecule has 39 nitrogen and oxygen atoms in total. The molecule has 15 rings (SSSR count). The first kappa shape index (κ1) is 103. The van der Waals surface area contributed by atoms with Gasteiger partial charge in [-0.1, -0.05) is 157 Å². The molecule has 4 N–H and O–H groups in total. The molecular formula is C79H109N18Na2O21S2-. The topological polar surface area (TPSA) is 430 Å². The predicted octanol–water partition coefficient (Wildman–Crippen LogP) is 3.04. The van der Waals surface area contributed by atoms with Crippen LogP contribution in [-0.4, -0.2) is 288 Å². The van der Waals surface area contributed by atoms with Crippen molar-refractivity contribution >= 4 is 69.2 Å².